The maximum Gasteiger partial charge on any atom is 0.119 e. The first-order chi connectivity index (χ1) is 9.65. The standard InChI is InChI=1S/C17H20BrNO/c1-4-19-17(13-7-5-6-12(2)10-13)15-11-14(20-3)8-9-16(15)18/h5-11,17,19H,4H2,1-3H3. The minimum atomic E-state index is 0.157. The van der Waals surface area contributed by atoms with E-state index in [0.717, 1.165) is 16.8 Å². The highest BCUT2D eigenvalue weighted by molar-refractivity contribution is 9.10. The highest BCUT2D eigenvalue weighted by atomic mass is 79.9. The first-order valence-corrected chi connectivity index (χ1v) is 7.58. The zero-order chi connectivity index (χ0) is 14.5. The van der Waals surface area contributed by atoms with Crippen molar-refractivity contribution in [3.63, 3.8) is 0 Å². The molecule has 0 bridgehead atoms. The van der Waals surface area contributed by atoms with Crippen molar-refractivity contribution in [3.05, 3.63) is 63.6 Å². The Kier molecular flexibility index (Phi) is 5.21. The van der Waals surface area contributed by atoms with Gasteiger partial charge in [0.15, 0.2) is 0 Å². The van der Waals surface area contributed by atoms with E-state index in [9.17, 15) is 0 Å². The molecule has 0 radical (unpaired) electrons. The van der Waals surface area contributed by atoms with Gasteiger partial charge in [-0.15, -0.1) is 0 Å². The van der Waals surface area contributed by atoms with Gasteiger partial charge in [-0.1, -0.05) is 52.7 Å². The molecule has 1 atom stereocenters. The largest absolute Gasteiger partial charge is 0.497 e. The number of aryl methyl sites for hydroxylation is 1. The van der Waals surface area contributed by atoms with E-state index in [-0.39, 0.29) is 6.04 Å². The second-order valence-corrected chi connectivity index (χ2v) is 5.65. The van der Waals surface area contributed by atoms with Crippen LogP contribution >= 0.6 is 15.9 Å². The van der Waals surface area contributed by atoms with Crippen molar-refractivity contribution >= 4 is 15.9 Å². The summed E-state index contributed by atoms with van der Waals surface area (Å²) in [4.78, 5) is 0. The summed E-state index contributed by atoms with van der Waals surface area (Å²) in [5, 5.41) is 3.55. The van der Waals surface area contributed by atoms with Gasteiger partial charge in [-0.2, -0.15) is 0 Å². The van der Waals surface area contributed by atoms with Crippen LogP contribution in [0.4, 0.5) is 0 Å². The van der Waals surface area contributed by atoms with Gasteiger partial charge in [0, 0.05) is 4.47 Å². The second kappa shape index (κ2) is 6.91. The lowest BCUT2D eigenvalue weighted by Gasteiger charge is -2.21. The number of halogens is 1. The molecular weight excluding hydrogens is 314 g/mol. The van der Waals surface area contributed by atoms with Crippen molar-refractivity contribution in [3.8, 4) is 5.75 Å². The summed E-state index contributed by atoms with van der Waals surface area (Å²) in [5.74, 6) is 0.874. The minimum absolute atomic E-state index is 0.157. The highest BCUT2D eigenvalue weighted by Crippen LogP contribution is 2.32. The van der Waals surface area contributed by atoms with Gasteiger partial charge in [-0.05, 0) is 42.8 Å². The molecular formula is C17H20BrNO. The number of benzene rings is 2. The van der Waals surface area contributed by atoms with E-state index in [1.54, 1.807) is 7.11 Å². The molecule has 0 aliphatic carbocycles. The van der Waals surface area contributed by atoms with Crippen LogP contribution in [-0.2, 0) is 0 Å². The molecule has 0 saturated carbocycles. The Labute approximate surface area is 129 Å². The van der Waals surface area contributed by atoms with Crippen LogP contribution < -0.4 is 10.1 Å². The van der Waals surface area contributed by atoms with Crippen LogP contribution in [0.5, 0.6) is 5.75 Å². The molecule has 20 heavy (non-hydrogen) atoms. The number of hydrogen-bond donors (Lipinski definition) is 1. The van der Waals surface area contributed by atoms with Crippen molar-refractivity contribution in [2.45, 2.75) is 19.9 Å². The molecule has 0 aromatic heterocycles. The molecule has 2 aromatic carbocycles. The Morgan fingerprint density at radius 2 is 2.00 bits per heavy atom. The lowest BCUT2D eigenvalue weighted by Crippen LogP contribution is -2.22. The van der Waals surface area contributed by atoms with Crippen LogP contribution in [0.1, 0.15) is 29.7 Å². The zero-order valence-corrected chi connectivity index (χ0v) is 13.7. The maximum atomic E-state index is 5.35. The first kappa shape index (κ1) is 15.1. The molecule has 3 heteroatoms. The van der Waals surface area contributed by atoms with Gasteiger partial charge in [-0.3, -0.25) is 0 Å². The van der Waals surface area contributed by atoms with E-state index >= 15 is 0 Å². The second-order valence-electron chi connectivity index (χ2n) is 4.79. The SMILES string of the molecule is CCNC(c1cccc(C)c1)c1cc(OC)ccc1Br. The highest BCUT2D eigenvalue weighted by Gasteiger charge is 2.16. The van der Waals surface area contributed by atoms with Gasteiger partial charge in [0.25, 0.3) is 0 Å². The molecule has 106 valence electrons. The van der Waals surface area contributed by atoms with Crippen molar-refractivity contribution < 1.29 is 4.74 Å². The van der Waals surface area contributed by atoms with Crippen molar-refractivity contribution in [2.75, 3.05) is 13.7 Å². The van der Waals surface area contributed by atoms with Gasteiger partial charge >= 0.3 is 0 Å². The molecule has 0 saturated heterocycles. The fourth-order valence-electron chi connectivity index (χ4n) is 2.33. The van der Waals surface area contributed by atoms with Crippen molar-refractivity contribution in [2.24, 2.45) is 0 Å². The van der Waals surface area contributed by atoms with Crippen LogP contribution in [0.3, 0.4) is 0 Å². The number of hydrogen-bond acceptors (Lipinski definition) is 2. The molecule has 0 fully saturated rings. The minimum Gasteiger partial charge on any atom is -0.497 e. The molecule has 0 aliphatic heterocycles. The molecule has 2 aromatic rings. The average molecular weight is 334 g/mol. The Bertz CT molecular complexity index is 583. The molecule has 2 nitrogen and oxygen atoms in total. The van der Waals surface area contributed by atoms with E-state index in [0.29, 0.717) is 0 Å². The summed E-state index contributed by atoms with van der Waals surface area (Å²) < 4.78 is 6.44. The monoisotopic (exact) mass is 333 g/mol. The fourth-order valence-corrected chi connectivity index (χ4v) is 2.81. The van der Waals surface area contributed by atoms with Crippen LogP contribution in [0.25, 0.3) is 0 Å². The molecule has 0 aliphatic rings. The summed E-state index contributed by atoms with van der Waals surface area (Å²) >= 11 is 3.65. The lowest BCUT2D eigenvalue weighted by atomic mass is 9.97. The third kappa shape index (κ3) is 3.41. The fraction of sp³-hybridized carbons (Fsp3) is 0.294. The van der Waals surface area contributed by atoms with E-state index in [1.807, 2.05) is 12.1 Å². The van der Waals surface area contributed by atoms with Crippen LogP contribution in [0.2, 0.25) is 0 Å². The quantitative estimate of drug-likeness (QED) is 0.871. The molecule has 2 rings (SSSR count). The normalized spacial score (nSPS) is 12.2. The van der Waals surface area contributed by atoms with Crippen LogP contribution in [0, 0.1) is 6.92 Å². The molecule has 1 N–H and O–H groups in total. The number of nitrogens with one attached hydrogen (secondary N) is 1. The Balaban J connectivity index is 2.47. The van der Waals surface area contributed by atoms with E-state index in [2.05, 4.69) is 65.4 Å². The van der Waals surface area contributed by atoms with Crippen LogP contribution in [0.15, 0.2) is 46.9 Å². The summed E-state index contributed by atoms with van der Waals surface area (Å²) in [5.41, 5.74) is 3.72. The van der Waals surface area contributed by atoms with Crippen molar-refractivity contribution in [1.82, 2.24) is 5.32 Å². The predicted octanol–water partition coefficient (Wildman–Crippen LogP) is 4.47. The molecule has 0 spiro atoms. The number of methoxy groups -OCH3 is 1. The van der Waals surface area contributed by atoms with Gasteiger partial charge in [0.05, 0.1) is 13.2 Å². The summed E-state index contributed by atoms with van der Waals surface area (Å²) in [6, 6.07) is 14.8. The van der Waals surface area contributed by atoms with Crippen LogP contribution in [-0.4, -0.2) is 13.7 Å². The van der Waals surface area contributed by atoms with Gasteiger partial charge < -0.3 is 10.1 Å². The van der Waals surface area contributed by atoms with E-state index < -0.39 is 0 Å². The molecule has 0 heterocycles. The predicted molar refractivity (Wildman–Crippen MR) is 87.4 cm³/mol. The summed E-state index contributed by atoms with van der Waals surface area (Å²) in [6.07, 6.45) is 0. The summed E-state index contributed by atoms with van der Waals surface area (Å²) in [6.45, 7) is 5.15. The number of ether oxygens (including phenoxy) is 1. The third-order valence-corrected chi connectivity index (χ3v) is 4.02. The molecule has 1 unspecified atom stereocenters. The van der Waals surface area contributed by atoms with E-state index in [1.165, 1.54) is 16.7 Å². The van der Waals surface area contributed by atoms with Gasteiger partial charge in [0.1, 0.15) is 5.75 Å². The van der Waals surface area contributed by atoms with Crippen molar-refractivity contribution in [1.29, 1.82) is 0 Å². The Hall–Kier alpha value is -1.32. The van der Waals surface area contributed by atoms with Gasteiger partial charge in [0.2, 0.25) is 0 Å². The zero-order valence-electron chi connectivity index (χ0n) is 12.1. The van der Waals surface area contributed by atoms with Gasteiger partial charge in [-0.25, -0.2) is 0 Å². The molecule has 0 amide bonds. The Morgan fingerprint density at radius 1 is 1.20 bits per heavy atom. The Morgan fingerprint density at radius 3 is 2.65 bits per heavy atom. The van der Waals surface area contributed by atoms with E-state index in [4.69, 9.17) is 4.74 Å². The topological polar surface area (TPSA) is 21.3 Å². The summed E-state index contributed by atoms with van der Waals surface area (Å²) in [7, 11) is 1.70. The third-order valence-electron chi connectivity index (χ3n) is 3.30. The smallest absolute Gasteiger partial charge is 0.119 e. The average Bonchev–Trinajstić information content (AvgIpc) is 2.46. The lowest BCUT2D eigenvalue weighted by molar-refractivity contribution is 0.413. The number of rotatable bonds is 5. The maximum absolute atomic E-state index is 5.35. The first-order valence-electron chi connectivity index (χ1n) is 6.79.